The fourth-order valence-corrected chi connectivity index (χ4v) is 3.88. The Kier molecular flexibility index (Phi) is 3.92. The molecule has 0 amide bonds. The van der Waals surface area contributed by atoms with E-state index >= 15 is 0 Å². The lowest BCUT2D eigenvalue weighted by atomic mass is 10.00. The Morgan fingerprint density at radius 2 is 2.18 bits per heavy atom. The molecule has 118 valence electrons. The van der Waals surface area contributed by atoms with Crippen LogP contribution in [-0.2, 0) is 16.4 Å². The molecule has 1 fully saturated rings. The fraction of sp³-hybridized carbons (Fsp3) is 0.400. The molecule has 22 heavy (non-hydrogen) atoms. The van der Waals surface area contributed by atoms with Crippen molar-refractivity contribution in [1.29, 1.82) is 0 Å². The molecule has 2 aromatic rings. The Bertz CT molecular complexity index is 779. The van der Waals surface area contributed by atoms with Gasteiger partial charge in [0, 0.05) is 12.2 Å². The van der Waals surface area contributed by atoms with Gasteiger partial charge in [-0.05, 0) is 42.5 Å². The Labute approximate surface area is 129 Å². The average Bonchev–Trinajstić information content (AvgIpc) is 3.26. The van der Waals surface area contributed by atoms with Gasteiger partial charge in [-0.3, -0.25) is 0 Å². The summed E-state index contributed by atoms with van der Waals surface area (Å²) in [6.07, 6.45) is 4.96. The van der Waals surface area contributed by atoms with Crippen molar-refractivity contribution in [1.82, 2.24) is 9.19 Å². The SMILES string of the molecule is COc1ccc(-c2cnn(S(=O)(=O)C3CC3)c2)c(CCO)c1. The highest BCUT2D eigenvalue weighted by atomic mass is 32.2. The van der Waals surface area contributed by atoms with Gasteiger partial charge in [-0.2, -0.15) is 9.19 Å². The summed E-state index contributed by atoms with van der Waals surface area (Å²) in [5, 5.41) is 12.9. The molecule has 1 aliphatic rings. The van der Waals surface area contributed by atoms with Crippen molar-refractivity contribution in [3.05, 3.63) is 36.2 Å². The topological polar surface area (TPSA) is 81.4 Å². The standard InChI is InChI=1S/C15H18N2O4S/c1-21-13-2-5-15(11(8-13)6-7-18)12-9-16-17(10-12)22(19,20)14-3-4-14/h2,5,8-10,14,18H,3-4,6-7H2,1H3. The van der Waals surface area contributed by atoms with Crippen molar-refractivity contribution in [3.8, 4) is 16.9 Å². The van der Waals surface area contributed by atoms with Crippen LogP contribution < -0.4 is 4.74 Å². The summed E-state index contributed by atoms with van der Waals surface area (Å²) in [6, 6.07) is 5.51. The molecule has 1 aromatic heterocycles. The molecular formula is C15H18N2O4S. The molecule has 1 aromatic carbocycles. The zero-order chi connectivity index (χ0) is 15.7. The molecule has 1 saturated carbocycles. The molecule has 1 N–H and O–H groups in total. The Morgan fingerprint density at radius 3 is 2.82 bits per heavy atom. The molecule has 1 heterocycles. The summed E-state index contributed by atoms with van der Waals surface area (Å²) in [4.78, 5) is 0. The fourth-order valence-electron chi connectivity index (χ4n) is 2.41. The predicted octanol–water partition coefficient (Wildman–Crippen LogP) is 1.43. The van der Waals surface area contributed by atoms with Gasteiger partial charge in [0.15, 0.2) is 0 Å². The van der Waals surface area contributed by atoms with E-state index in [1.807, 2.05) is 18.2 Å². The first-order valence-corrected chi connectivity index (χ1v) is 8.64. The first-order valence-electron chi connectivity index (χ1n) is 7.13. The summed E-state index contributed by atoms with van der Waals surface area (Å²) >= 11 is 0. The number of aromatic nitrogens is 2. The number of nitrogens with zero attached hydrogens (tertiary/aromatic N) is 2. The summed E-state index contributed by atoms with van der Waals surface area (Å²) in [5.41, 5.74) is 2.47. The maximum atomic E-state index is 12.2. The van der Waals surface area contributed by atoms with Crippen LogP contribution in [0.5, 0.6) is 5.75 Å². The minimum atomic E-state index is -3.36. The number of aliphatic hydroxyl groups is 1. The number of rotatable bonds is 6. The van der Waals surface area contributed by atoms with Gasteiger partial charge >= 0.3 is 0 Å². The van der Waals surface area contributed by atoms with Crippen LogP contribution in [0.25, 0.3) is 11.1 Å². The predicted molar refractivity (Wildman–Crippen MR) is 82.3 cm³/mol. The van der Waals surface area contributed by atoms with Crippen LogP contribution in [0.2, 0.25) is 0 Å². The van der Waals surface area contributed by atoms with Gasteiger partial charge in [0.05, 0.1) is 24.8 Å². The molecule has 0 aliphatic heterocycles. The molecule has 1 aliphatic carbocycles. The van der Waals surface area contributed by atoms with Crippen LogP contribution in [0, 0.1) is 0 Å². The molecule has 3 rings (SSSR count). The second kappa shape index (κ2) is 5.73. The summed E-state index contributed by atoms with van der Waals surface area (Å²) in [6.45, 7) is 0.00861. The van der Waals surface area contributed by atoms with E-state index in [1.54, 1.807) is 13.3 Å². The Balaban J connectivity index is 1.99. The number of ether oxygens (including phenoxy) is 1. The first kappa shape index (κ1) is 15.1. The van der Waals surface area contributed by atoms with Crippen LogP contribution in [-0.4, -0.2) is 41.7 Å². The van der Waals surface area contributed by atoms with Gasteiger partial charge in [0.2, 0.25) is 0 Å². The third-order valence-electron chi connectivity index (χ3n) is 3.77. The molecule has 0 atom stereocenters. The quantitative estimate of drug-likeness (QED) is 0.870. The van der Waals surface area contributed by atoms with Crippen molar-refractivity contribution in [2.45, 2.75) is 24.5 Å². The molecule has 0 saturated heterocycles. The number of methoxy groups -OCH3 is 1. The van der Waals surface area contributed by atoms with Crippen molar-refractivity contribution in [2.24, 2.45) is 0 Å². The Morgan fingerprint density at radius 1 is 1.41 bits per heavy atom. The molecule has 6 nitrogen and oxygen atoms in total. The van der Waals surface area contributed by atoms with Crippen LogP contribution in [0.15, 0.2) is 30.6 Å². The number of aliphatic hydroxyl groups excluding tert-OH is 1. The largest absolute Gasteiger partial charge is 0.497 e. The van der Waals surface area contributed by atoms with E-state index in [0.29, 0.717) is 25.0 Å². The molecule has 0 radical (unpaired) electrons. The highest BCUT2D eigenvalue weighted by Crippen LogP contribution is 2.32. The van der Waals surface area contributed by atoms with Crippen LogP contribution in [0.1, 0.15) is 18.4 Å². The maximum Gasteiger partial charge on any atom is 0.256 e. The maximum absolute atomic E-state index is 12.2. The molecule has 7 heteroatoms. The van der Waals surface area contributed by atoms with E-state index < -0.39 is 10.0 Å². The number of hydrogen-bond donors (Lipinski definition) is 1. The third-order valence-corrected chi connectivity index (χ3v) is 5.81. The summed E-state index contributed by atoms with van der Waals surface area (Å²) in [5.74, 6) is 0.699. The van der Waals surface area contributed by atoms with E-state index in [2.05, 4.69) is 5.10 Å². The van der Waals surface area contributed by atoms with E-state index in [0.717, 1.165) is 20.8 Å². The van der Waals surface area contributed by atoms with Crippen LogP contribution in [0.4, 0.5) is 0 Å². The van der Waals surface area contributed by atoms with Crippen molar-refractivity contribution < 1.29 is 18.3 Å². The second-order valence-corrected chi connectivity index (χ2v) is 7.41. The van der Waals surface area contributed by atoms with Crippen molar-refractivity contribution >= 4 is 10.0 Å². The van der Waals surface area contributed by atoms with Gasteiger partial charge < -0.3 is 9.84 Å². The zero-order valence-corrected chi connectivity index (χ0v) is 13.1. The summed E-state index contributed by atoms with van der Waals surface area (Å²) in [7, 11) is -1.78. The highest BCUT2D eigenvalue weighted by Gasteiger charge is 2.37. The zero-order valence-electron chi connectivity index (χ0n) is 12.3. The summed E-state index contributed by atoms with van der Waals surface area (Å²) < 4.78 is 30.6. The van der Waals surface area contributed by atoms with Gasteiger partial charge in [-0.15, -0.1) is 0 Å². The molecule has 0 spiro atoms. The molecular weight excluding hydrogens is 304 g/mol. The normalized spacial score (nSPS) is 15.0. The minimum Gasteiger partial charge on any atom is -0.497 e. The second-order valence-electron chi connectivity index (χ2n) is 5.34. The average molecular weight is 322 g/mol. The highest BCUT2D eigenvalue weighted by molar-refractivity contribution is 7.90. The lowest BCUT2D eigenvalue weighted by Gasteiger charge is -2.09. The molecule has 0 unspecified atom stereocenters. The van der Waals surface area contributed by atoms with E-state index in [9.17, 15) is 13.5 Å². The molecule has 0 bridgehead atoms. The lowest BCUT2D eigenvalue weighted by molar-refractivity contribution is 0.299. The smallest absolute Gasteiger partial charge is 0.256 e. The first-order chi connectivity index (χ1) is 10.6. The minimum absolute atomic E-state index is 0.00861. The van der Waals surface area contributed by atoms with E-state index in [1.165, 1.54) is 6.20 Å². The van der Waals surface area contributed by atoms with Crippen molar-refractivity contribution in [2.75, 3.05) is 13.7 Å². The van der Waals surface area contributed by atoms with Gasteiger partial charge in [0.25, 0.3) is 10.0 Å². The van der Waals surface area contributed by atoms with E-state index in [-0.39, 0.29) is 11.9 Å². The van der Waals surface area contributed by atoms with Gasteiger partial charge in [-0.25, -0.2) is 8.42 Å². The van der Waals surface area contributed by atoms with Crippen LogP contribution >= 0.6 is 0 Å². The number of hydrogen-bond acceptors (Lipinski definition) is 5. The third kappa shape index (κ3) is 2.74. The number of benzene rings is 1. The lowest BCUT2D eigenvalue weighted by Crippen LogP contribution is -2.17. The van der Waals surface area contributed by atoms with Gasteiger partial charge in [0.1, 0.15) is 5.75 Å². The monoisotopic (exact) mass is 322 g/mol. The van der Waals surface area contributed by atoms with E-state index in [4.69, 9.17) is 4.74 Å². The van der Waals surface area contributed by atoms with Crippen LogP contribution in [0.3, 0.4) is 0 Å². The van der Waals surface area contributed by atoms with Crippen molar-refractivity contribution in [3.63, 3.8) is 0 Å². The van der Waals surface area contributed by atoms with Gasteiger partial charge in [-0.1, -0.05) is 6.07 Å². The Hall–Kier alpha value is -1.86.